The van der Waals surface area contributed by atoms with E-state index in [1.54, 1.807) is 0 Å². The van der Waals surface area contributed by atoms with Crippen LogP contribution < -0.4 is 0 Å². The molecular formula is C23H25O3P. The van der Waals surface area contributed by atoms with Crippen molar-refractivity contribution in [3.63, 3.8) is 0 Å². The first-order chi connectivity index (χ1) is 13.0. The van der Waals surface area contributed by atoms with Gasteiger partial charge in [-0.25, -0.2) is 4.79 Å². The van der Waals surface area contributed by atoms with E-state index in [0.717, 1.165) is 6.42 Å². The number of hydrogen-bond acceptors (Lipinski definition) is 1. The highest BCUT2D eigenvalue weighted by atomic mass is 31.0. The Hall–Kier alpha value is -2.64. The van der Waals surface area contributed by atoms with E-state index >= 15 is 0 Å². The van der Waals surface area contributed by atoms with Gasteiger partial charge in [-0.2, -0.15) is 0 Å². The maximum absolute atomic E-state index is 8.56. The van der Waals surface area contributed by atoms with E-state index in [1.165, 1.54) is 16.7 Å². The highest BCUT2D eigenvalue weighted by molar-refractivity contribution is 7.19. The molecule has 0 amide bonds. The normalized spacial score (nSPS) is 11.8. The lowest BCUT2D eigenvalue weighted by molar-refractivity contribution is 0.137. The molecule has 140 valence electrons. The Morgan fingerprint density at radius 1 is 0.815 bits per heavy atom. The molecule has 0 aromatic heterocycles. The van der Waals surface area contributed by atoms with E-state index in [4.69, 9.17) is 15.0 Å². The molecule has 0 radical (unpaired) electrons. The van der Waals surface area contributed by atoms with Crippen LogP contribution in [0.1, 0.15) is 36.0 Å². The lowest BCUT2D eigenvalue weighted by atomic mass is 9.75. The van der Waals surface area contributed by atoms with Crippen molar-refractivity contribution < 1.29 is 15.0 Å². The van der Waals surface area contributed by atoms with Gasteiger partial charge in [-0.05, 0) is 23.1 Å². The Morgan fingerprint density at radius 2 is 1.15 bits per heavy atom. The van der Waals surface area contributed by atoms with Gasteiger partial charge in [0.15, 0.2) is 0 Å². The molecule has 3 aromatic carbocycles. The van der Waals surface area contributed by atoms with Gasteiger partial charge >= 0.3 is 6.16 Å². The molecular weight excluding hydrogens is 355 g/mol. The number of hydrogen-bond donors (Lipinski definition) is 2. The van der Waals surface area contributed by atoms with Crippen LogP contribution in [0.5, 0.6) is 0 Å². The summed E-state index contributed by atoms with van der Waals surface area (Å²) in [5.41, 5.74) is 4.07. The highest BCUT2D eigenvalue weighted by Crippen LogP contribution is 2.51. The maximum Gasteiger partial charge on any atom is 0.503 e. The molecule has 3 aromatic rings. The smallest absolute Gasteiger partial charge is 0.450 e. The van der Waals surface area contributed by atoms with Crippen molar-refractivity contribution in [2.75, 3.05) is 0 Å². The topological polar surface area (TPSA) is 57.5 Å². The van der Waals surface area contributed by atoms with Crippen molar-refractivity contribution in [3.05, 3.63) is 108 Å². The summed E-state index contributed by atoms with van der Waals surface area (Å²) in [5, 5.41) is 13.8. The first-order valence-electron chi connectivity index (χ1n) is 8.86. The standard InChI is InChI=1S/C22H23P.CH2O3/c1-2-21(18-12-6-3-7-13-18)22(23,19-14-8-4-9-15-19)20-16-10-5-11-17-20;2-1(3)4/h3-17,21H,2,23H2,1H3;(H2,2,3,4). The molecule has 27 heavy (non-hydrogen) atoms. The molecule has 4 heteroatoms. The average molecular weight is 380 g/mol. The van der Waals surface area contributed by atoms with Crippen molar-refractivity contribution in [2.24, 2.45) is 0 Å². The predicted octanol–water partition coefficient (Wildman–Crippen LogP) is 6.22. The molecule has 0 aliphatic rings. The molecule has 0 saturated heterocycles. The minimum atomic E-state index is -1.83. The molecule has 0 saturated carbocycles. The monoisotopic (exact) mass is 380 g/mol. The third-order valence-corrected chi connectivity index (χ3v) is 5.73. The Bertz CT molecular complexity index is 777. The lowest BCUT2D eigenvalue weighted by Gasteiger charge is -2.39. The number of benzene rings is 3. The zero-order valence-electron chi connectivity index (χ0n) is 15.3. The fourth-order valence-corrected chi connectivity index (χ4v) is 4.32. The zero-order chi connectivity index (χ0) is 19.7. The van der Waals surface area contributed by atoms with Crippen molar-refractivity contribution in [2.45, 2.75) is 24.4 Å². The zero-order valence-corrected chi connectivity index (χ0v) is 16.5. The van der Waals surface area contributed by atoms with Gasteiger partial charge in [0.05, 0.1) is 0 Å². The summed E-state index contributed by atoms with van der Waals surface area (Å²) in [6.07, 6.45) is -0.753. The van der Waals surface area contributed by atoms with Gasteiger partial charge in [-0.15, -0.1) is 9.24 Å². The molecule has 0 heterocycles. The fourth-order valence-electron chi connectivity index (χ4n) is 3.50. The fraction of sp³-hybridized carbons (Fsp3) is 0.174. The second-order valence-corrected chi connectivity index (χ2v) is 7.17. The van der Waals surface area contributed by atoms with E-state index < -0.39 is 6.16 Å². The van der Waals surface area contributed by atoms with Gasteiger partial charge in [-0.3, -0.25) is 0 Å². The largest absolute Gasteiger partial charge is 0.503 e. The molecule has 2 unspecified atom stereocenters. The predicted molar refractivity (Wildman–Crippen MR) is 114 cm³/mol. The molecule has 0 fully saturated rings. The Morgan fingerprint density at radius 3 is 1.48 bits per heavy atom. The number of carbonyl (C=O) groups is 1. The van der Waals surface area contributed by atoms with Crippen LogP contribution in [0.3, 0.4) is 0 Å². The minimum absolute atomic E-state index is 0.126. The van der Waals surface area contributed by atoms with E-state index in [9.17, 15) is 0 Å². The summed E-state index contributed by atoms with van der Waals surface area (Å²) in [5.74, 6) is 0.401. The lowest BCUT2D eigenvalue weighted by Crippen LogP contribution is -2.28. The molecule has 3 nitrogen and oxygen atoms in total. The molecule has 3 rings (SSSR count). The molecule has 0 spiro atoms. The van der Waals surface area contributed by atoms with E-state index in [-0.39, 0.29) is 5.16 Å². The summed E-state index contributed by atoms with van der Waals surface area (Å²) in [7, 11) is 3.18. The first-order valence-corrected chi connectivity index (χ1v) is 9.44. The second-order valence-electron chi connectivity index (χ2n) is 6.26. The summed E-state index contributed by atoms with van der Waals surface area (Å²) in [4.78, 5) is 8.56. The van der Waals surface area contributed by atoms with Crippen LogP contribution in [0.15, 0.2) is 91.0 Å². The van der Waals surface area contributed by atoms with Crippen molar-refractivity contribution in [1.82, 2.24) is 0 Å². The van der Waals surface area contributed by atoms with Crippen LogP contribution in [0.4, 0.5) is 4.79 Å². The van der Waals surface area contributed by atoms with Gasteiger partial charge < -0.3 is 10.2 Å². The number of rotatable bonds is 5. The third-order valence-electron chi connectivity index (χ3n) is 4.66. The van der Waals surface area contributed by atoms with Crippen LogP contribution in [0.25, 0.3) is 0 Å². The SMILES string of the molecule is CCC(c1ccccc1)C(P)(c1ccccc1)c1ccccc1.O=C(O)O. The van der Waals surface area contributed by atoms with Gasteiger partial charge in [0.2, 0.25) is 0 Å². The summed E-state index contributed by atoms with van der Waals surface area (Å²) in [6, 6.07) is 32.5. The van der Waals surface area contributed by atoms with Gasteiger partial charge in [0.25, 0.3) is 0 Å². The molecule has 0 aliphatic carbocycles. The average Bonchev–Trinajstić information content (AvgIpc) is 2.70. The Kier molecular flexibility index (Phi) is 7.57. The van der Waals surface area contributed by atoms with Gasteiger partial charge in [-0.1, -0.05) is 97.9 Å². The summed E-state index contributed by atoms with van der Waals surface area (Å²) in [6.45, 7) is 2.28. The highest BCUT2D eigenvalue weighted by Gasteiger charge is 2.37. The first kappa shape index (κ1) is 20.7. The third kappa shape index (κ3) is 5.18. The molecule has 0 bridgehead atoms. The van der Waals surface area contributed by atoms with E-state index in [0.29, 0.717) is 5.92 Å². The minimum Gasteiger partial charge on any atom is -0.450 e. The Balaban J connectivity index is 0.000000596. The molecule has 0 aliphatic heterocycles. The van der Waals surface area contributed by atoms with Crippen LogP contribution in [-0.4, -0.2) is 16.4 Å². The van der Waals surface area contributed by atoms with E-state index in [1.807, 2.05) is 0 Å². The van der Waals surface area contributed by atoms with Crippen LogP contribution in [0.2, 0.25) is 0 Å². The number of carboxylic acid groups (broad SMARTS) is 2. The van der Waals surface area contributed by atoms with Crippen molar-refractivity contribution in [1.29, 1.82) is 0 Å². The Labute approximate surface area is 162 Å². The van der Waals surface area contributed by atoms with Crippen LogP contribution in [-0.2, 0) is 5.16 Å². The van der Waals surface area contributed by atoms with Crippen molar-refractivity contribution in [3.8, 4) is 0 Å². The van der Waals surface area contributed by atoms with Gasteiger partial charge in [0.1, 0.15) is 0 Å². The second kappa shape index (κ2) is 9.89. The summed E-state index contributed by atoms with van der Waals surface area (Å²) < 4.78 is 0. The van der Waals surface area contributed by atoms with Gasteiger partial charge in [0, 0.05) is 11.1 Å². The molecule has 2 atom stereocenters. The molecule has 2 N–H and O–H groups in total. The summed E-state index contributed by atoms with van der Waals surface area (Å²) >= 11 is 0. The van der Waals surface area contributed by atoms with Crippen molar-refractivity contribution >= 4 is 15.4 Å². The van der Waals surface area contributed by atoms with Crippen LogP contribution in [0, 0.1) is 0 Å². The van der Waals surface area contributed by atoms with Crippen LogP contribution >= 0.6 is 9.24 Å². The quantitative estimate of drug-likeness (QED) is 0.517. The van der Waals surface area contributed by atoms with E-state index in [2.05, 4.69) is 107 Å². The maximum atomic E-state index is 8.56.